The molecule has 0 bridgehead atoms. The molecule has 1 fully saturated rings. The third kappa shape index (κ3) is 5.76. The van der Waals surface area contributed by atoms with E-state index < -0.39 is 20.0 Å². The highest BCUT2D eigenvalue weighted by Crippen LogP contribution is 2.15. The molecule has 1 amide bonds. The minimum absolute atomic E-state index is 0.169. The monoisotopic (exact) mass is 256 g/mol. The van der Waals surface area contributed by atoms with Crippen LogP contribution in [0.3, 0.4) is 0 Å². The lowest BCUT2D eigenvalue weighted by Crippen LogP contribution is -2.48. The third-order valence-electron chi connectivity index (χ3n) is 2.72. The van der Waals surface area contributed by atoms with Gasteiger partial charge in [-0.1, -0.05) is 11.6 Å². The van der Waals surface area contributed by atoms with Gasteiger partial charge in [0.05, 0.1) is 0 Å². The van der Waals surface area contributed by atoms with Crippen LogP contribution in [0.2, 0.25) is 11.6 Å². The quantitative estimate of drug-likeness (QED) is 0.770. The van der Waals surface area contributed by atoms with Crippen LogP contribution in [0.5, 0.6) is 0 Å². The minimum Gasteiger partial charge on any atom is -0.444 e. The average Bonchev–Trinajstić information content (AvgIpc) is 2.15. The van der Waals surface area contributed by atoms with Crippen molar-refractivity contribution in [2.24, 2.45) is 0 Å². The molecular weight excluding hydrogens is 231 g/mol. The Labute approximate surface area is 109 Å². The zero-order valence-electron chi connectivity index (χ0n) is 11.7. The second-order valence-corrected chi connectivity index (χ2v) is 8.71. The van der Waals surface area contributed by atoms with Gasteiger partial charge in [0.25, 0.3) is 0 Å². The van der Waals surface area contributed by atoms with Crippen LogP contribution >= 0.6 is 0 Å². The van der Waals surface area contributed by atoms with E-state index in [2.05, 4.69) is 15.9 Å². The Kier molecular flexibility index (Phi) is 5.30. The van der Waals surface area contributed by atoms with E-state index in [0.717, 1.165) is 25.9 Å². The van der Waals surface area contributed by atoms with Gasteiger partial charge in [-0.3, -0.25) is 0 Å². The lowest BCUT2D eigenvalue weighted by atomic mass is 10.1. The normalized spacial score (nSPS) is 18.1. The molecule has 1 rings (SSSR count). The fourth-order valence-electron chi connectivity index (χ4n) is 2.03. The van der Waals surface area contributed by atoms with Crippen molar-refractivity contribution in [1.82, 2.24) is 9.20 Å². The molecule has 0 aromatic rings. The van der Waals surface area contributed by atoms with Crippen LogP contribution in [0, 0.1) is 0 Å². The number of carbonyl (C=O) groups excluding carboxylic acids is 1. The lowest BCUT2D eigenvalue weighted by Gasteiger charge is -2.34. The summed E-state index contributed by atoms with van der Waals surface area (Å²) in [5.74, 6) is 4.58. The van der Waals surface area contributed by atoms with E-state index in [1.807, 2.05) is 25.7 Å². The highest BCUT2D eigenvalue weighted by atomic mass is 27.2. The van der Waals surface area contributed by atoms with Crippen LogP contribution in [-0.4, -0.2) is 50.1 Å². The van der Waals surface area contributed by atoms with E-state index >= 15 is 0 Å². The SMILES string of the molecule is [CH3][Al]([CH3])[NH]C1CCN(C(=O)OC(C)(C)C)CC1. The van der Waals surface area contributed by atoms with Crippen LogP contribution in [0.1, 0.15) is 33.6 Å². The fourth-order valence-corrected chi connectivity index (χ4v) is 3.30. The van der Waals surface area contributed by atoms with Gasteiger partial charge in [-0.15, -0.1) is 0 Å². The second kappa shape index (κ2) is 6.08. The van der Waals surface area contributed by atoms with Crippen molar-refractivity contribution in [2.45, 2.75) is 56.8 Å². The molecule has 4 nitrogen and oxygen atoms in total. The smallest absolute Gasteiger partial charge is 0.410 e. The van der Waals surface area contributed by atoms with Crippen LogP contribution in [-0.2, 0) is 4.74 Å². The molecule has 1 N–H and O–H groups in total. The van der Waals surface area contributed by atoms with E-state index in [-0.39, 0.29) is 6.09 Å². The number of likely N-dealkylation sites (tertiary alicyclic amines) is 1. The average molecular weight is 256 g/mol. The number of nitrogens with zero attached hydrogens (tertiary/aromatic N) is 1. The van der Waals surface area contributed by atoms with Crippen LogP contribution in [0.15, 0.2) is 0 Å². The maximum Gasteiger partial charge on any atom is 0.410 e. The van der Waals surface area contributed by atoms with Gasteiger partial charge in [0.1, 0.15) is 5.60 Å². The Morgan fingerprint density at radius 3 is 2.24 bits per heavy atom. The van der Waals surface area contributed by atoms with Gasteiger partial charge in [-0.05, 0) is 39.7 Å². The molecule has 0 aliphatic carbocycles. The highest BCUT2D eigenvalue weighted by molar-refractivity contribution is 6.52. The van der Waals surface area contributed by atoms with E-state index in [0.29, 0.717) is 6.04 Å². The Bertz CT molecular complexity index is 256. The fraction of sp³-hybridized carbons (Fsp3) is 0.917. The zero-order chi connectivity index (χ0) is 13.1. The number of ether oxygens (including phenoxy) is 1. The standard InChI is InChI=1S/C10H19N2O2.2CH3.Al/c1-10(2,3)14-9(13)12-6-4-8(11)5-7-12;;;/h8,11H,4-7H2,1-3H3;2*1H3;/q-1;;;+1. The second-order valence-electron chi connectivity index (χ2n) is 6.06. The summed E-state index contributed by atoms with van der Waals surface area (Å²) in [5.41, 5.74) is -0.392. The maximum atomic E-state index is 11.8. The molecule has 1 saturated heterocycles. The van der Waals surface area contributed by atoms with E-state index in [1.165, 1.54) is 0 Å². The summed E-state index contributed by atoms with van der Waals surface area (Å²) >= 11 is -0.708. The van der Waals surface area contributed by atoms with Crippen molar-refractivity contribution in [1.29, 1.82) is 0 Å². The molecule has 1 heterocycles. The molecule has 0 atom stereocenters. The van der Waals surface area contributed by atoms with Crippen molar-refractivity contribution in [3.8, 4) is 0 Å². The summed E-state index contributed by atoms with van der Waals surface area (Å²) in [7, 11) is 0. The largest absolute Gasteiger partial charge is 0.444 e. The Morgan fingerprint density at radius 2 is 1.82 bits per heavy atom. The van der Waals surface area contributed by atoms with Crippen LogP contribution < -0.4 is 4.30 Å². The summed E-state index contributed by atoms with van der Waals surface area (Å²) in [6, 6.07) is 0.598. The van der Waals surface area contributed by atoms with Gasteiger partial charge < -0.3 is 13.9 Å². The first-order chi connectivity index (χ1) is 7.78. The van der Waals surface area contributed by atoms with Gasteiger partial charge in [0.2, 0.25) is 0 Å². The summed E-state index contributed by atoms with van der Waals surface area (Å²) in [5, 5.41) is 0. The number of amides is 1. The Hall–Kier alpha value is -0.238. The molecule has 1 aliphatic rings. The van der Waals surface area contributed by atoms with E-state index in [1.54, 1.807) is 0 Å². The molecule has 0 saturated carbocycles. The molecule has 0 spiro atoms. The number of nitrogens with one attached hydrogen (secondary N) is 1. The van der Waals surface area contributed by atoms with Gasteiger partial charge >= 0.3 is 20.5 Å². The molecule has 0 aromatic carbocycles. The van der Waals surface area contributed by atoms with Crippen molar-refractivity contribution >= 4 is 20.5 Å². The Balaban J connectivity index is 2.34. The summed E-state index contributed by atoms with van der Waals surface area (Å²) in [4.78, 5) is 13.7. The zero-order valence-corrected chi connectivity index (χ0v) is 12.9. The van der Waals surface area contributed by atoms with Crippen LogP contribution in [0.4, 0.5) is 4.79 Å². The number of carbonyl (C=O) groups is 1. The molecule has 1 aliphatic heterocycles. The first-order valence-corrected chi connectivity index (χ1v) is 9.40. The van der Waals surface area contributed by atoms with Gasteiger partial charge in [0, 0.05) is 13.1 Å². The lowest BCUT2D eigenvalue weighted by molar-refractivity contribution is 0.0203. The summed E-state index contributed by atoms with van der Waals surface area (Å²) in [6.07, 6.45) is 1.92. The van der Waals surface area contributed by atoms with Crippen molar-refractivity contribution in [2.75, 3.05) is 13.1 Å². The summed E-state index contributed by atoms with van der Waals surface area (Å²) < 4.78 is 9.02. The predicted octanol–water partition coefficient (Wildman–Crippen LogP) is 2.23. The number of rotatable bonds is 2. The highest BCUT2D eigenvalue weighted by Gasteiger charge is 2.27. The molecule has 0 radical (unpaired) electrons. The maximum absolute atomic E-state index is 11.8. The first kappa shape index (κ1) is 14.8. The van der Waals surface area contributed by atoms with Gasteiger partial charge in [0.15, 0.2) is 0 Å². The van der Waals surface area contributed by atoms with Crippen molar-refractivity contribution < 1.29 is 9.53 Å². The minimum atomic E-state index is -0.708. The molecule has 0 unspecified atom stereocenters. The van der Waals surface area contributed by atoms with Gasteiger partial charge in [-0.2, -0.15) is 0 Å². The number of hydrogen-bond donors (Lipinski definition) is 1. The molecule has 5 heteroatoms. The van der Waals surface area contributed by atoms with Crippen LogP contribution in [0.25, 0.3) is 0 Å². The number of piperidine rings is 1. The van der Waals surface area contributed by atoms with Gasteiger partial charge in [-0.25, -0.2) is 4.79 Å². The molecular formula is C12H25AlN2O2. The number of hydrogen-bond acceptors (Lipinski definition) is 3. The molecule has 0 aromatic heterocycles. The van der Waals surface area contributed by atoms with E-state index in [9.17, 15) is 4.79 Å². The molecule has 17 heavy (non-hydrogen) atoms. The first-order valence-electron chi connectivity index (χ1n) is 6.52. The van der Waals surface area contributed by atoms with E-state index in [4.69, 9.17) is 4.74 Å². The van der Waals surface area contributed by atoms with Crippen molar-refractivity contribution in [3.63, 3.8) is 0 Å². The Morgan fingerprint density at radius 1 is 1.29 bits per heavy atom. The molecule has 98 valence electrons. The third-order valence-corrected chi connectivity index (χ3v) is 3.85. The summed E-state index contributed by atoms with van der Waals surface area (Å²) in [6.45, 7) is 7.35. The topological polar surface area (TPSA) is 41.6 Å². The predicted molar refractivity (Wildman–Crippen MR) is 71.4 cm³/mol. The van der Waals surface area contributed by atoms with Crippen molar-refractivity contribution in [3.05, 3.63) is 0 Å².